The van der Waals surface area contributed by atoms with Crippen molar-refractivity contribution in [1.29, 1.82) is 0 Å². The van der Waals surface area contributed by atoms with E-state index >= 15 is 0 Å². The summed E-state index contributed by atoms with van der Waals surface area (Å²) in [6, 6.07) is 9.49. The van der Waals surface area contributed by atoms with Crippen molar-refractivity contribution in [2.24, 2.45) is 0 Å². The largest absolute Gasteiger partial charge is 0.492 e. The second-order valence-corrected chi connectivity index (χ2v) is 5.53. The predicted octanol–water partition coefficient (Wildman–Crippen LogP) is 3.99. The molecule has 1 unspecified atom stereocenters. The van der Waals surface area contributed by atoms with E-state index in [0.29, 0.717) is 16.7 Å². The van der Waals surface area contributed by atoms with Gasteiger partial charge in [-0.2, -0.15) is 0 Å². The molecule has 0 spiro atoms. The van der Waals surface area contributed by atoms with Crippen LogP contribution in [0.25, 0.3) is 0 Å². The Kier molecular flexibility index (Phi) is 6.30. The van der Waals surface area contributed by atoms with Crippen LogP contribution in [0.3, 0.4) is 0 Å². The molecule has 1 heterocycles. The van der Waals surface area contributed by atoms with Crippen LogP contribution in [0.4, 0.5) is 0 Å². The van der Waals surface area contributed by atoms with E-state index in [-0.39, 0.29) is 6.04 Å². The van der Waals surface area contributed by atoms with Crippen molar-refractivity contribution < 1.29 is 4.74 Å². The summed E-state index contributed by atoms with van der Waals surface area (Å²) in [5, 5.41) is 4.80. The molecule has 2 rings (SSSR count). The molecular weight excluding hydrogens is 307 g/mol. The molecule has 2 aromatic rings. The zero-order chi connectivity index (χ0) is 15.1. The first-order valence-electron chi connectivity index (χ1n) is 6.89. The van der Waals surface area contributed by atoms with E-state index < -0.39 is 0 Å². The second kappa shape index (κ2) is 8.23. The fourth-order valence-electron chi connectivity index (χ4n) is 2.04. The lowest BCUT2D eigenvalue weighted by Gasteiger charge is -2.19. The summed E-state index contributed by atoms with van der Waals surface area (Å²) < 4.78 is 5.81. The minimum absolute atomic E-state index is 0.186. The van der Waals surface area contributed by atoms with Gasteiger partial charge in [0.05, 0.1) is 5.02 Å². The second-order valence-electron chi connectivity index (χ2n) is 4.69. The van der Waals surface area contributed by atoms with Crippen molar-refractivity contribution in [3.63, 3.8) is 0 Å². The summed E-state index contributed by atoms with van der Waals surface area (Å²) in [5.74, 6) is 0.808. The van der Waals surface area contributed by atoms with Gasteiger partial charge in [-0.15, -0.1) is 0 Å². The molecule has 0 bridgehead atoms. The summed E-state index contributed by atoms with van der Waals surface area (Å²) in [7, 11) is 0. The molecule has 0 radical (unpaired) electrons. The topological polar surface area (TPSA) is 34.1 Å². The van der Waals surface area contributed by atoms with Crippen LogP contribution in [0.5, 0.6) is 5.75 Å². The maximum atomic E-state index is 6.16. The third-order valence-electron chi connectivity index (χ3n) is 3.08. The Morgan fingerprint density at radius 3 is 2.62 bits per heavy atom. The number of nitrogens with zero attached hydrogens (tertiary/aromatic N) is 1. The molecule has 0 saturated heterocycles. The highest BCUT2D eigenvalue weighted by Gasteiger charge is 2.11. The summed E-state index contributed by atoms with van der Waals surface area (Å²) >= 11 is 12.0. The molecule has 0 saturated carbocycles. The summed E-state index contributed by atoms with van der Waals surface area (Å²) in [5.41, 5.74) is 1.07. The van der Waals surface area contributed by atoms with Gasteiger partial charge in [0.2, 0.25) is 0 Å². The fraction of sp³-hybridized carbons (Fsp3) is 0.312. The predicted molar refractivity (Wildman–Crippen MR) is 87.4 cm³/mol. The van der Waals surface area contributed by atoms with Gasteiger partial charge in [-0.25, -0.2) is 0 Å². The molecule has 3 nitrogen and oxygen atoms in total. The van der Waals surface area contributed by atoms with Crippen LogP contribution in [-0.2, 0) is 6.42 Å². The minimum atomic E-state index is 0.186. The van der Waals surface area contributed by atoms with Crippen molar-refractivity contribution >= 4 is 23.2 Å². The van der Waals surface area contributed by atoms with Crippen molar-refractivity contribution in [3.05, 3.63) is 58.3 Å². The highest BCUT2D eigenvalue weighted by Crippen LogP contribution is 2.18. The monoisotopic (exact) mass is 324 g/mol. The SMILES string of the molecule is CCNC(COc1ccc(Cl)cc1)Cc1ccncc1Cl. The molecule has 0 aliphatic heterocycles. The molecule has 1 N–H and O–H groups in total. The number of hydrogen-bond donors (Lipinski definition) is 1. The van der Waals surface area contributed by atoms with E-state index in [1.165, 1.54) is 0 Å². The molecule has 112 valence electrons. The Hall–Kier alpha value is -1.29. The van der Waals surface area contributed by atoms with Gasteiger partial charge in [0.25, 0.3) is 0 Å². The first-order chi connectivity index (χ1) is 10.2. The molecule has 21 heavy (non-hydrogen) atoms. The standard InChI is InChI=1S/C16H18Cl2N2O/c1-2-20-14(9-12-7-8-19-10-16(12)18)11-21-15-5-3-13(17)4-6-15/h3-8,10,14,20H,2,9,11H2,1H3. The maximum absolute atomic E-state index is 6.16. The van der Waals surface area contributed by atoms with Crippen LogP contribution >= 0.6 is 23.2 Å². The molecule has 0 aliphatic carbocycles. The van der Waals surface area contributed by atoms with Gasteiger partial charge < -0.3 is 10.1 Å². The lowest BCUT2D eigenvalue weighted by atomic mass is 10.1. The molecule has 0 aliphatic rings. The number of likely N-dealkylation sites (N-methyl/N-ethyl adjacent to an activating group) is 1. The first-order valence-corrected chi connectivity index (χ1v) is 7.64. The van der Waals surface area contributed by atoms with Crippen molar-refractivity contribution in [3.8, 4) is 5.75 Å². The average molecular weight is 325 g/mol. The van der Waals surface area contributed by atoms with Crippen molar-refractivity contribution in [2.75, 3.05) is 13.2 Å². The van der Waals surface area contributed by atoms with E-state index in [1.54, 1.807) is 12.4 Å². The zero-order valence-electron chi connectivity index (χ0n) is 11.9. The van der Waals surface area contributed by atoms with Crippen molar-refractivity contribution in [2.45, 2.75) is 19.4 Å². The van der Waals surface area contributed by atoms with Crippen LogP contribution < -0.4 is 10.1 Å². The van der Waals surface area contributed by atoms with Crippen LogP contribution in [0.2, 0.25) is 10.0 Å². The number of benzene rings is 1. The molecule has 5 heteroatoms. The third kappa shape index (κ3) is 5.20. The molecule has 0 fully saturated rings. The number of rotatable bonds is 7. The molecule has 0 amide bonds. The van der Waals surface area contributed by atoms with Crippen LogP contribution in [0.15, 0.2) is 42.7 Å². The van der Waals surface area contributed by atoms with Gasteiger partial charge in [-0.1, -0.05) is 30.1 Å². The Bertz CT molecular complexity index is 560. The Morgan fingerprint density at radius 1 is 1.19 bits per heavy atom. The summed E-state index contributed by atoms with van der Waals surface area (Å²) in [6.07, 6.45) is 4.22. The fourth-order valence-corrected chi connectivity index (χ4v) is 2.36. The maximum Gasteiger partial charge on any atom is 0.119 e. The number of nitrogens with one attached hydrogen (secondary N) is 1. The van der Waals surface area contributed by atoms with Crippen molar-refractivity contribution in [1.82, 2.24) is 10.3 Å². The molecule has 1 aromatic heterocycles. The van der Waals surface area contributed by atoms with E-state index in [0.717, 1.165) is 24.3 Å². The number of halogens is 2. The summed E-state index contributed by atoms with van der Waals surface area (Å²) in [6.45, 7) is 3.51. The Balaban J connectivity index is 1.95. The number of aromatic nitrogens is 1. The molecular formula is C16H18Cl2N2O. The third-order valence-corrected chi connectivity index (χ3v) is 3.67. The molecule has 1 atom stereocenters. The highest BCUT2D eigenvalue weighted by atomic mass is 35.5. The lowest BCUT2D eigenvalue weighted by Crippen LogP contribution is -2.36. The number of ether oxygens (including phenoxy) is 1. The average Bonchev–Trinajstić information content (AvgIpc) is 2.49. The van der Waals surface area contributed by atoms with Gasteiger partial charge in [-0.05, 0) is 48.9 Å². The minimum Gasteiger partial charge on any atom is -0.492 e. The van der Waals surface area contributed by atoms with E-state index in [2.05, 4.69) is 17.2 Å². The van der Waals surface area contributed by atoms with Gasteiger partial charge in [0.1, 0.15) is 12.4 Å². The molecule has 1 aromatic carbocycles. The summed E-state index contributed by atoms with van der Waals surface area (Å²) in [4.78, 5) is 4.00. The van der Waals surface area contributed by atoms with E-state index in [9.17, 15) is 0 Å². The van der Waals surface area contributed by atoms with E-state index in [4.69, 9.17) is 27.9 Å². The van der Waals surface area contributed by atoms with Gasteiger partial charge in [0, 0.05) is 23.5 Å². The normalized spacial score (nSPS) is 12.1. The van der Waals surface area contributed by atoms with Gasteiger partial charge in [0.15, 0.2) is 0 Å². The highest BCUT2D eigenvalue weighted by molar-refractivity contribution is 6.31. The van der Waals surface area contributed by atoms with Crippen LogP contribution in [0.1, 0.15) is 12.5 Å². The lowest BCUT2D eigenvalue weighted by molar-refractivity contribution is 0.265. The Labute approximate surface area is 135 Å². The van der Waals surface area contributed by atoms with Gasteiger partial charge >= 0.3 is 0 Å². The smallest absolute Gasteiger partial charge is 0.119 e. The zero-order valence-corrected chi connectivity index (χ0v) is 13.4. The Morgan fingerprint density at radius 2 is 1.95 bits per heavy atom. The van der Waals surface area contributed by atoms with Crippen LogP contribution in [0, 0.1) is 0 Å². The van der Waals surface area contributed by atoms with E-state index in [1.807, 2.05) is 30.3 Å². The van der Waals surface area contributed by atoms with Crippen LogP contribution in [-0.4, -0.2) is 24.2 Å². The number of pyridine rings is 1. The number of hydrogen-bond acceptors (Lipinski definition) is 3. The van der Waals surface area contributed by atoms with Gasteiger partial charge in [-0.3, -0.25) is 4.98 Å². The first kappa shape index (κ1) is 16.1. The quantitative estimate of drug-likeness (QED) is 0.836.